The van der Waals surface area contributed by atoms with Gasteiger partial charge in [-0.05, 0) is 30.7 Å². The van der Waals surface area contributed by atoms with Crippen LogP contribution in [0.15, 0.2) is 29.3 Å². The number of hydrogen-bond donors (Lipinski definition) is 1. The molecule has 1 fully saturated rings. The molecule has 0 aromatic heterocycles. The molecule has 0 saturated carbocycles. The lowest BCUT2D eigenvalue weighted by Gasteiger charge is -2.36. The van der Waals surface area contributed by atoms with Gasteiger partial charge in [-0.15, -0.1) is 0 Å². The van der Waals surface area contributed by atoms with Crippen molar-refractivity contribution in [2.45, 2.75) is 51.2 Å². The number of carbonyl (C=O) groups excluding carboxylic acids is 3. The van der Waals surface area contributed by atoms with E-state index in [1.54, 1.807) is 31.3 Å². The molecule has 162 valence electrons. The van der Waals surface area contributed by atoms with Crippen LogP contribution >= 0.6 is 23.4 Å². The number of nitrogens with zero attached hydrogens (tertiary/aromatic N) is 3. The minimum absolute atomic E-state index is 0.0361. The maximum atomic E-state index is 12.6. The fourth-order valence-corrected chi connectivity index (χ4v) is 4.70. The number of carbonyl (C=O) groups is 3. The number of halogens is 1. The molecule has 9 heteroatoms. The van der Waals surface area contributed by atoms with Gasteiger partial charge in [-0.25, -0.2) is 9.79 Å². The van der Waals surface area contributed by atoms with Crippen LogP contribution in [0.25, 0.3) is 0 Å². The number of nitrogens with one attached hydrogen (secondary N) is 1. The van der Waals surface area contributed by atoms with Crippen LogP contribution in [0.3, 0.4) is 0 Å². The number of thioether (sulfide) groups is 1. The molecule has 2 aliphatic heterocycles. The first kappa shape index (κ1) is 22.6. The molecule has 1 saturated heterocycles. The number of amidine groups is 1. The van der Waals surface area contributed by atoms with E-state index < -0.39 is 18.2 Å². The number of rotatable bonds is 9. The lowest BCUT2D eigenvalue weighted by molar-refractivity contribution is -0.127. The van der Waals surface area contributed by atoms with Crippen molar-refractivity contribution in [2.24, 2.45) is 4.99 Å². The first-order valence-corrected chi connectivity index (χ1v) is 11.6. The first-order valence-electron chi connectivity index (χ1n) is 10.3. The highest BCUT2D eigenvalue weighted by molar-refractivity contribution is 8.14. The third-order valence-corrected chi connectivity index (χ3v) is 6.58. The summed E-state index contributed by atoms with van der Waals surface area (Å²) >= 11 is 7.21. The quantitative estimate of drug-likeness (QED) is 0.457. The van der Waals surface area contributed by atoms with Crippen molar-refractivity contribution < 1.29 is 14.4 Å². The molecule has 1 aromatic carbocycles. The van der Waals surface area contributed by atoms with Gasteiger partial charge in [0.05, 0.1) is 5.75 Å². The molecule has 1 N–H and O–H groups in total. The molecule has 30 heavy (non-hydrogen) atoms. The Morgan fingerprint density at radius 2 is 1.87 bits per heavy atom. The van der Waals surface area contributed by atoms with Gasteiger partial charge in [-0.1, -0.05) is 56.0 Å². The second-order valence-corrected chi connectivity index (χ2v) is 8.88. The van der Waals surface area contributed by atoms with Crippen molar-refractivity contribution in [3.05, 3.63) is 34.9 Å². The average molecular weight is 451 g/mol. The number of ketones is 1. The Morgan fingerprint density at radius 3 is 2.57 bits per heavy atom. The second-order valence-electron chi connectivity index (χ2n) is 7.50. The SMILES string of the molecule is CCCCCCCN1C(SCC(=O)c2ccc(Cl)cc2)=NC2C1C(=O)NC(=O)N2C. The van der Waals surface area contributed by atoms with Crippen LogP contribution in [0.4, 0.5) is 4.79 Å². The molecule has 7 nitrogen and oxygen atoms in total. The van der Waals surface area contributed by atoms with E-state index in [1.807, 2.05) is 4.90 Å². The molecule has 2 unspecified atom stereocenters. The number of fused-ring (bicyclic) bond motifs is 1. The summed E-state index contributed by atoms with van der Waals surface area (Å²) < 4.78 is 0. The van der Waals surface area contributed by atoms with E-state index in [4.69, 9.17) is 11.6 Å². The Labute approximate surface area is 186 Å². The van der Waals surface area contributed by atoms with Gasteiger partial charge < -0.3 is 9.80 Å². The number of amides is 3. The number of unbranched alkanes of at least 4 members (excludes halogenated alkanes) is 4. The number of benzene rings is 1. The van der Waals surface area contributed by atoms with Crippen molar-refractivity contribution in [2.75, 3.05) is 19.3 Å². The van der Waals surface area contributed by atoms with E-state index in [2.05, 4.69) is 17.2 Å². The van der Waals surface area contributed by atoms with Crippen molar-refractivity contribution in [3.8, 4) is 0 Å². The van der Waals surface area contributed by atoms with Gasteiger partial charge in [-0.2, -0.15) is 0 Å². The molecule has 1 aromatic rings. The summed E-state index contributed by atoms with van der Waals surface area (Å²) in [6, 6.07) is 5.78. The highest BCUT2D eigenvalue weighted by Crippen LogP contribution is 2.29. The maximum Gasteiger partial charge on any atom is 0.325 e. The first-order chi connectivity index (χ1) is 14.4. The summed E-state index contributed by atoms with van der Waals surface area (Å²) in [5.74, 6) is -0.169. The van der Waals surface area contributed by atoms with Gasteiger partial charge in [0.1, 0.15) is 0 Å². The largest absolute Gasteiger partial charge is 0.336 e. The fraction of sp³-hybridized carbons (Fsp3) is 0.524. The summed E-state index contributed by atoms with van der Waals surface area (Å²) in [5.41, 5.74) is 0.582. The van der Waals surface area contributed by atoms with Crippen molar-refractivity contribution >= 4 is 46.3 Å². The van der Waals surface area contributed by atoms with E-state index in [1.165, 1.54) is 29.5 Å². The molecule has 3 rings (SSSR count). The smallest absolute Gasteiger partial charge is 0.325 e. The Balaban J connectivity index is 1.69. The number of imide groups is 1. The number of hydrogen-bond acceptors (Lipinski definition) is 6. The van der Waals surface area contributed by atoms with Crippen LogP contribution in [-0.4, -0.2) is 64.2 Å². The summed E-state index contributed by atoms with van der Waals surface area (Å²) in [7, 11) is 1.63. The van der Waals surface area contributed by atoms with Crippen molar-refractivity contribution in [1.82, 2.24) is 15.1 Å². The number of aliphatic imine (C=N–C) groups is 1. The van der Waals surface area contributed by atoms with E-state index in [0.29, 0.717) is 22.3 Å². The zero-order valence-electron chi connectivity index (χ0n) is 17.3. The zero-order chi connectivity index (χ0) is 21.7. The molecule has 2 atom stereocenters. The van der Waals surface area contributed by atoms with Gasteiger partial charge in [0.2, 0.25) is 0 Å². The Morgan fingerprint density at radius 1 is 1.17 bits per heavy atom. The Bertz CT molecular complexity index is 830. The van der Waals surface area contributed by atoms with Crippen LogP contribution in [0.2, 0.25) is 5.02 Å². The van der Waals surface area contributed by atoms with Crippen LogP contribution < -0.4 is 5.32 Å². The van der Waals surface area contributed by atoms with Crippen LogP contribution in [-0.2, 0) is 4.79 Å². The van der Waals surface area contributed by atoms with Gasteiger partial charge in [-0.3, -0.25) is 14.9 Å². The Hall–Kier alpha value is -2.06. The minimum atomic E-state index is -0.560. The number of urea groups is 1. The van der Waals surface area contributed by atoms with Crippen LogP contribution in [0, 0.1) is 0 Å². The summed E-state index contributed by atoms with van der Waals surface area (Å²) in [6.45, 7) is 2.84. The lowest BCUT2D eigenvalue weighted by Crippen LogP contribution is -2.63. The standard InChI is InChI=1S/C21H27ClN4O3S/c1-3-4-5-6-7-12-26-17-18(25(2)20(29)24-19(17)28)23-21(26)30-13-16(27)14-8-10-15(22)11-9-14/h8-11,17-18H,3-7,12-13H2,1-2H3,(H,24,28,29). The third kappa shape index (κ3) is 5.16. The third-order valence-electron chi connectivity index (χ3n) is 5.32. The van der Waals surface area contributed by atoms with Gasteiger partial charge in [0.15, 0.2) is 23.2 Å². The molecular weight excluding hydrogens is 424 g/mol. The lowest BCUT2D eigenvalue weighted by atomic mass is 10.1. The van der Waals surface area contributed by atoms with E-state index >= 15 is 0 Å². The minimum Gasteiger partial charge on any atom is -0.336 e. The van der Waals surface area contributed by atoms with Gasteiger partial charge in [0, 0.05) is 24.2 Å². The van der Waals surface area contributed by atoms with Gasteiger partial charge in [0.25, 0.3) is 5.91 Å². The highest BCUT2D eigenvalue weighted by Gasteiger charge is 2.48. The van der Waals surface area contributed by atoms with Crippen LogP contribution in [0.1, 0.15) is 49.4 Å². The highest BCUT2D eigenvalue weighted by atomic mass is 35.5. The van der Waals surface area contributed by atoms with Gasteiger partial charge >= 0.3 is 6.03 Å². The van der Waals surface area contributed by atoms with Crippen molar-refractivity contribution in [3.63, 3.8) is 0 Å². The second kappa shape index (κ2) is 10.3. The predicted molar refractivity (Wildman–Crippen MR) is 120 cm³/mol. The fourth-order valence-electron chi connectivity index (χ4n) is 3.59. The normalized spacial score (nSPS) is 20.8. The summed E-state index contributed by atoms with van der Waals surface area (Å²) in [5, 5.41) is 3.62. The van der Waals surface area contributed by atoms with Crippen LogP contribution in [0.5, 0.6) is 0 Å². The van der Waals surface area contributed by atoms with E-state index in [0.717, 1.165) is 19.3 Å². The van der Waals surface area contributed by atoms with Crippen molar-refractivity contribution in [1.29, 1.82) is 0 Å². The number of likely N-dealkylation sites (N-methyl/N-ethyl adjacent to an activating group) is 1. The molecule has 3 amide bonds. The zero-order valence-corrected chi connectivity index (χ0v) is 18.8. The molecule has 0 spiro atoms. The summed E-state index contributed by atoms with van der Waals surface area (Å²) in [4.78, 5) is 45.2. The summed E-state index contributed by atoms with van der Waals surface area (Å²) in [6.07, 6.45) is 4.94. The molecule has 0 bridgehead atoms. The number of Topliss-reactive ketones (excluding diaryl/α,β-unsaturated/α-hetero) is 1. The molecule has 0 aliphatic carbocycles. The topological polar surface area (TPSA) is 82.1 Å². The van der Waals surface area contributed by atoms with E-state index in [-0.39, 0.29) is 17.4 Å². The molecule has 2 heterocycles. The van der Waals surface area contributed by atoms with E-state index in [9.17, 15) is 14.4 Å². The molecule has 2 aliphatic rings. The maximum absolute atomic E-state index is 12.6. The predicted octanol–water partition coefficient (Wildman–Crippen LogP) is 3.77. The average Bonchev–Trinajstić information content (AvgIpc) is 3.10. The Kier molecular flexibility index (Phi) is 7.77. The molecule has 0 radical (unpaired) electrons. The monoisotopic (exact) mass is 450 g/mol. The molecular formula is C21H27ClN4O3S.